The minimum Gasteiger partial charge on any atom is -0.326 e. The van der Waals surface area contributed by atoms with E-state index in [1.807, 2.05) is 18.2 Å². The molecule has 5 rings (SSSR count). The van der Waals surface area contributed by atoms with Crippen LogP contribution in [0.15, 0.2) is 97.3 Å². The highest BCUT2D eigenvalue weighted by molar-refractivity contribution is 8.93. The summed E-state index contributed by atoms with van der Waals surface area (Å²) in [5, 5.41) is 2.36. The highest BCUT2D eigenvalue weighted by atomic mass is 79.9. The molecule has 154 valence electrons. The maximum Gasteiger partial charge on any atom is 0.123 e. The molecule has 5 aromatic rings. The third-order valence-corrected chi connectivity index (χ3v) is 5.29. The van der Waals surface area contributed by atoms with E-state index in [4.69, 9.17) is 0 Å². The summed E-state index contributed by atoms with van der Waals surface area (Å²) in [6.45, 7) is 0.613. The zero-order chi connectivity index (χ0) is 20.5. The van der Waals surface area contributed by atoms with E-state index in [1.165, 1.54) is 40.6 Å². The molecule has 0 atom stereocenters. The molecule has 4 aromatic carbocycles. The van der Waals surface area contributed by atoms with Crippen LogP contribution in [-0.4, -0.2) is 9.55 Å². The van der Waals surface area contributed by atoms with Crippen LogP contribution in [0.1, 0.15) is 5.56 Å². The van der Waals surface area contributed by atoms with Crippen molar-refractivity contribution in [2.24, 2.45) is 0 Å². The molecule has 0 radical (unpaired) electrons. The molecule has 0 fully saturated rings. The van der Waals surface area contributed by atoms with Gasteiger partial charge in [-0.15, -0.1) is 17.0 Å². The molecule has 0 aliphatic carbocycles. The number of fused-ring (bicyclic) bond motifs is 1. The first-order chi connectivity index (χ1) is 14.7. The first-order valence-corrected chi connectivity index (χ1v) is 9.73. The molecule has 0 N–H and O–H groups in total. The van der Waals surface area contributed by atoms with Crippen LogP contribution in [0, 0.1) is 11.6 Å². The van der Waals surface area contributed by atoms with Crippen molar-refractivity contribution >= 4 is 27.8 Å². The fourth-order valence-electron chi connectivity index (χ4n) is 3.85. The normalized spacial score (nSPS) is 10.8. The van der Waals surface area contributed by atoms with Crippen molar-refractivity contribution < 1.29 is 8.78 Å². The standard InChI is InChI=1S/C26H18F2N2.BrH/c27-22-12-8-19(9-13-22)25-26(20-10-14-23(28)15-11-20)30(17-29-25)16-21-6-3-5-18-4-1-2-7-24(18)21;/h1-15,17H,16H2;1H. The van der Waals surface area contributed by atoms with E-state index in [9.17, 15) is 8.78 Å². The monoisotopic (exact) mass is 476 g/mol. The Kier molecular flexibility index (Phi) is 5.96. The average Bonchev–Trinajstić information content (AvgIpc) is 3.18. The Bertz CT molecular complexity index is 1320. The number of benzene rings is 4. The molecule has 2 nitrogen and oxygen atoms in total. The second kappa shape index (κ2) is 8.82. The van der Waals surface area contributed by atoms with E-state index >= 15 is 0 Å². The summed E-state index contributed by atoms with van der Waals surface area (Å²) < 4.78 is 29.1. The van der Waals surface area contributed by atoms with Gasteiger partial charge in [-0.3, -0.25) is 0 Å². The van der Waals surface area contributed by atoms with Gasteiger partial charge in [0.25, 0.3) is 0 Å². The average molecular weight is 477 g/mol. The lowest BCUT2D eigenvalue weighted by Gasteiger charge is -2.13. The second-order valence-corrected chi connectivity index (χ2v) is 7.22. The summed E-state index contributed by atoms with van der Waals surface area (Å²) in [5.41, 5.74) is 4.44. The predicted octanol–water partition coefficient (Wildman–Crippen LogP) is 7.27. The molecule has 1 aromatic heterocycles. The Morgan fingerprint density at radius 2 is 1.29 bits per heavy atom. The fourth-order valence-corrected chi connectivity index (χ4v) is 3.85. The highest BCUT2D eigenvalue weighted by Gasteiger charge is 2.16. The lowest BCUT2D eigenvalue weighted by atomic mass is 10.0. The third-order valence-electron chi connectivity index (χ3n) is 5.29. The molecular weight excluding hydrogens is 458 g/mol. The van der Waals surface area contributed by atoms with Gasteiger partial charge < -0.3 is 4.57 Å². The predicted molar refractivity (Wildman–Crippen MR) is 126 cm³/mol. The van der Waals surface area contributed by atoms with Crippen molar-refractivity contribution in [3.63, 3.8) is 0 Å². The first-order valence-electron chi connectivity index (χ1n) is 9.73. The van der Waals surface area contributed by atoms with E-state index in [2.05, 4.69) is 33.8 Å². The van der Waals surface area contributed by atoms with Crippen LogP contribution in [0.5, 0.6) is 0 Å². The van der Waals surface area contributed by atoms with Crippen LogP contribution >= 0.6 is 17.0 Å². The first kappa shape index (κ1) is 20.9. The minimum atomic E-state index is -0.294. The molecule has 0 amide bonds. The molecule has 0 saturated heterocycles. The molecular formula is C26H19BrF2N2. The molecule has 0 aliphatic rings. The quantitative estimate of drug-likeness (QED) is 0.266. The summed E-state index contributed by atoms with van der Waals surface area (Å²) in [6.07, 6.45) is 1.79. The molecule has 0 saturated carbocycles. The van der Waals surface area contributed by atoms with Gasteiger partial charge in [0.1, 0.15) is 11.6 Å². The number of nitrogens with zero attached hydrogens (tertiary/aromatic N) is 2. The third kappa shape index (κ3) is 4.14. The van der Waals surface area contributed by atoms with Crippen LogP contribution in [0.3, 0.4) is 0 Å². The topological polar surface area (TPSA) is 17.8 Å². The van der Waals surface area contributed by atoms with Crippen LogP contribution in [-0.2, 0) is 6.54 Å². The Morgan fingerprint density at radius 3 is 2.00 bits per heavy atom. The molecule has 5 heteroatoms. The number of hydrogen-bond acceptors (Lipinski definition) is 1. The molecule has 1 heterocycles. The second-order valence-electron chi connectivity index (χ2n) is 7.22. The number of aromatic nitrogens is 2. The van der Waals surface area contributed by atoms with E-state index in [0.717, 1.165) is 22.5 Å². The molecule has 0 bridgehead atoms. The van der Waals surface area contributed by atoms with Gasteiger partial charge in [-0.2, -0.15) is 0 Å². The Balaban J connectivity index is 0.00000231. The Hall–Kier alpha value is -3.31. The number of hydrogen-bond donors (Lipinski definition) is 0. The van der Waals surface area contributed by atoms with Gasteiger partial charge in [0, 0.05) is 17.7 Å². The summed E-state index contributed by atoms with van der Waals surface area (Å²) >= 11 is 0. The van der Waals surface area contributed by atoms with Crippen LogP contribution in [0.2, 0.25) is 0 Å². The zero-order valence-corrected chi connectivity index (χ0v) is 18.2. The van der Waals surface area contributed by atoms with Crippen molar-refractivity contribution in [3.05, 3.63) is 115 Å². The largest absolute Gasteiger partial charge is 0.326 e. The van der Waals surface area contributed by atoms with E-state index in [1.54, 1.807) is 30.6 Å². The number of rotatable bonds is 4. The fraction of sp³-hybridized carbons (Fsp3) is 0.0385. The van der Waals surface area contributed by atoms with Crippen molar-refractivity contribution in [1.29, 1.82) is 0 Å². The minimum absolute atomic E-state index is 0. The number of imidazole rings is 1. The van der Waals surface area contributed by atoms with Gasteiger partial charge >= 0.3 is 0 Å². The Labute approximate surface area is 189 Å². The smallest absolute Gasteiger partial charge is 0.123 e. The summed E-state index contributed by atoms with van der Waals surface area (Å²) in [7, 11) is 0. The van der Waals surface area contributed by atoms with Crippen LogP contribution in [0.25, 0.3) is 33.3 Å². The number of halogens is 3. The van der Waals surface area contributed by atoms with Gasteiger partial charge in [0.05, 0.1) is 17.7 Å². The van der Waals surface area contributed by atoms with Crippen molar-refractivity contribution in [3.8, 4) is 22.5 Å². The Morgan fingerprint density at radius 1 is 0.677 bits per heavy atom. The van der Waals surface area contributed by atoms with Gasteiger partial charge in [0.15, 0.2) is 0 Å². The SMILES string of the molecule is Br.Fc1ccc(-c2ncn(Cc3cccc4ccccc34)c2-c2ccc(F)cc2)cc1. The van der Waals surface area contributed by atoms with Crippen LogP contribution in [0.4, 0.5) is 8.78 Å². The zero-order valence-electron chi connectivity index (χ0n) is 16.5. The van der Waals surface area contributed by atoms with E-state index in [-0.39, 0.29) is 28.6 Å². The van der Waals surface area contributed by atoms with Gasteiger partial charge in [0.2, 0.25) is 0 Å². The van der Waals surface area contributed by atoms with Crippen molar-refractivity contribution in [2.45, 2.75) is 6.54 Å². The summed E-state index contributed by atoms with van der Waals surface area (Å²) in [6, 6.07) is 27.2. The van der Waals surface area contributed by atoms with E-state index in [0.29, 0.717) is 6.54 Å². The van der Waals surface area contributed by atoms with Gasteiger partial charge in [-0.1, -0.05) is 42.5 Å². The maximum atomic E-state index is 13.6. The molecule has 31 heavy (non-hydrogen) atoms. The van der Waals surface area contributed by atoms with Crippen molar-refractivity contribution in [2.75, 3.05) is 0 Å². The summed E-state index contributed by atoms with van der Waals surface area (Å²) in [5.74, 6) is -0.584. The van der Waals surface area contributed by atoms with Gasteiger partial charge in [-0.05, 0) is 64.9 Å². The summed E-state index contributed by atoms with van der Waals surface area (Å²) in [4.78, 5) is 4.64. The van der Waals surface area contributed by atoms with E-state index < -0.39 is 0 Å². The highest BCUT2D eigenvalue weighted by Crippen LogP contribution is 2.32. The molecule has 0 spiro atoms. The van der Waals surface area contributed by atoms with Crippen molar-refractivity contribution in [1.82, 2.24) is 9.55 Å². The van der Waals surface area contributed by atoms with Crippen LogP contribution < -0.4 is 0 Å². The lowest BCUT2D eigenvalue weighted by molar-refractivity contribution is 0.627. The molecule has 0 unspecified atom stereocenters. The lowest BCUT2D eigenvalue weighted by Crippen LogP contribution is -2.02. The van der Waals surface area contributed by atoms with Gasteiger partial charge in [-0.25, -0.2) is 13.8 Å². The maximum absolute atomic E-state index is 13.6. The molecule has 0 aliphatic heterocycles.